The molecule has 0 heterocycles. The second-order valence-corrected chi connectivity index (χ2v) is 10.0. The number of unbranched alkanes of at least 4 members (excludes halogenated alkanes) is 1. The molecule has 0 aromatic heterocycles. The monoisotopic (exact) mass is 633 g/mol. The molecule has 0 rings (SSSR count). The Morgan fingerprint density at radius 1 is 0.837 bits per heavy atom. The number of carbonyl (C=O) groups excluding carboxylic acids is 6. The number of carbonyl (C=O) groups is 7. The Bertz CT molecular complexity index is 950. The van der Waals surface area contributed by atoms with E-state index in [1.54, 1.807) is 13.8 Å². The molecule has 8 N–H and O–H groups in total. The summed E-state index contributed by atoms with van der Waals surface area (Å²) in [7, 11) is 0. The second kappa shape index (κ2) is 22.1. The average Bonchev–Trinajstić information content (AvgIpc) is 2.95. The molecule has 246 valence electrons. The van der Waals surface area contributed by atoms with Crippen LogP contribution in [-0.4, -0.2) is 108 Å². The van der Waals surface area contributed by atoms with E-state index in [1.807, 2.05) is 0 Å². The van der Waals surface area contributed by atoms with Crippen molar-refractivity contribution in [2.24, 2.45) is 5.73 Å². The van der Waals surface area contributed by atoms with Crippen molar-refractivity contribution in [2.75, 3.05) is 31.9 Å². The van der Waals surface area contributed by atoms with Gasteiger partial charge in [0.2, 0.25) is 23.6 Å². The van der Waals surface area contributed by atoms with Gasteiger partial charge in [-0.1, -0.05) is 0 Å². The smallest absolute Gasteiger partial charge is 0.428 e. The quantitative estimate of drug-likeness (QED) is 0.0401. The van der Waals surface area contributed by atoms with E-state index < -0.39 is 66.3 Å². The summed E-state index contributed by atoms with van der Waals surface area (Å²) in [6.07, 6.45) is 0.174. The molecule has 0 saturated carbocycles. The standard InChI is InChI=1S/C26H47N7O9S/c1-5-33(6-2)26(41)42-28-14-12-21(35)30-19(10-11-22(36)37)24(39)32-20(15-43)25(40)29-16(3)23(38)31-18(17(4)34)9-7-8-13-27/h16,18-20,28,43H,5-15,27H2,1-4H3,(H,29,40)(H,30,35)(H,31,38)(H,32,39)(H,36,37)/t16?,18-,19-,20-/m0/s1. The van der Waals surface area contributed by atoms with Crippen LogP contribution < -0.4 is 32.5 Å². The molecule has 5 amide bonds. The number of aliphatic carboxylic acids is 1. The molecule has 0 aromatic rings. The maximum Gasteiger partial charge on any atom is 0.428 e. The number of hydrogen-bond donors (Lipinski definition) is 8. The summed E-state index contributed by atoms with van der Waals surface area (Å²) in [4.78, 5) is 91.9. The molecule has 0 saturated heterocycles. The van der Waals surface area contributed by atoms with E-state index in [9.17, 15) is 33.6 Å². The van der Waals surface area contributed by atoms with Crippen LogP contribution in [0.1, 0.15) is 66.2 Å². The summed E-state index contributed by atoms with van der Waals surface area (Å²) < 4.78 is 0. The van der Waals surface area contributed by atoms with Crippen LogP contribution >= 0.6 is 12.6 Å². The van der Waals surface area contributed by atoms with Crippen molar-refractivity contribution in [2.45, 2.75) is 90.4 Å². The van der Waals surface area contributed by atoms with Gasteiger partial charge in [-0.3, -0.25) is 28.8 Å². The largest absolute Gasteiger partial charge is 0.481 e. The van der Waals surface area contributed by atoms with Gasteiger partial charge in [-0.2, -0.15) is 18.1 Å². The zero-order valence-corrected chi connectivity index (χ0v) is 26.2. The van der Waals surface area contributed by atoms with Crippen LogP contribution in [0.25, 0.3) is 0 Å². The number of amides is 5. The van der Waals surface area contributed by atoms with E-state index in [4.69, 9.17) is 15.7 Å². The highest BCUT2D eigenvalue weighted by molar-refractivity contribution is 7.80. The zero-order valence-electron chi connectivity index (χ0n) is 25.3. The number of carboxylic acids is 1. The normalized spacial score (nSPS) is 13.4. The van der Waals surface area contributed by atoms with Crippen LogP contribution in [0.2, 0.25) is 0 Å². The maximum absolute atomic E-state index is 12.9. The Labute approximate surface area is 257 Å². The minimum atomic E-state index is -1.30. The summed E-state index contributed by atoms with van der Waals surface area (Å²) in [5.41, 5.74) is 7.84. The number of carboxylic acid groups (broad SMARTS) is 1. The Balaban J connectivity index is 5.12. The first-order chi connectivity index (χ1) is 20.3. The van der Waals surface area contributed by atoms with E-state index in [2.05, 4.69) is 39.4 Å². The summed E-state index contributed by atoms with van der Waals surface area (Å²) >= 11 is 4.09. The fraction of sp³-hybridized carbons (Fsp3) is 0.731. The molecular weight excluding hydrogens is 586 g/mol. The van der Waals surface area contributed by atoms with Gasteiger partial charge in [0.05, 0.1) is 6.04 Å². The SMILES string of the molecule is CCN(CC)C(=O)ONCCC(=O)N[C@@H](CCC(=O)O)C(=O)N[C@@H](CS)C(=O)NC(C)C(=O)N[C@@H](CCCCN)C(C)=O. The third-order valence-corrected chi connectivity index (χ3v) is 6.62. The van der Waals surface area contributed by atoms with Gasteiger partial charge in [0.25, 0.3) is 0 Å². The summed E-state index contributed by atoms with van der Waals surface area (Å²) in [5.74, 6) is -4.45. The molecule has 0 aliphatic carbocycles. The molecule has 0 aliphatic rings. The van der Waals surface area contributed by atoms with Crippen LogP contribution in [0.3, 0.4) is 0 Å². The highest BCUT2D eigenvalue weighted by Crippen LogP contribution is 2.04. The van der Waals surface area contributed by atoms with Gasteiger partial charge in [-0.15, -0.1) is 0 Å². The number of thiol groups is 1. The summed E-state index contributed by atoms with van der Waals surface area (Å²) in [6.45, 7) is 7.55. The number of nitrogens with two attached hydrogens (primary N) is 1. The number of ketones is 1. The van der Waals surface area contributed by atoms with Gasteiger partial charge in [-0.05, 0) is 59.9 Å². The Morgan fingerprint density at radius 2 is 1.44 bits per heavy atom. The van der Waals surface area contributed by atoms with Gasteiger partial charge < -0.3 is 41.8 Å². The number of Topliss-reactive ketones (excluding diaryl/α,β-unsaturated/α-hetero) is 1. The van der Waals surface area contributed by atoms with Gasteiger partial charge in [-0.25, -0.2) is 4.79 Å². The Morgan fingerprint density at radius 3 is 1.98 bits per heavy atom. The third kappa shape index (κ3) is 16.7. The molecule has 1 unspecified atom stereocenters. The van der Waals surface area contributed by atoms with E-state index in [0.29, 0.717) is 38.9 Å². The fourth-order valence-corrected chi connectivity index (χ4v) is 3.90. The lowest BCUT2D eigenvalue weighted by Gasteiger charge is -2.24. The van der Waals surface area contributed by atoms with Crippen molar-refractivity contribution >= 4 is 54.1 Å². The molecule has 0 spiro atoms. The number of hydroxylamine groups is 1. The van der Waals surface area contributed by atoms with Crippen LogP contribution in [0.15, 0.2) is 0 Å². The highest BCUT2D eigenvalue weighted by Gasteiger charge is 2.29. The number of nitrogens with zero attached hydrogens (tertiary/aromatic N) is 1. The lowest BCUT2D eigenvalue weighted by atomic mass is 10.1. The number of nitrogens with one attached hydrogen (secondary N) is 5. The highest BCUT2D eigenvalue weighted by atomic mass is 32.1. The van der Waals surface area contributed by atoms with Gasteiger partial charge >= 0.3 is 12.1 Å². The molecule has 0 aromatic carbocycles. The first-order valence-electron chi connectivity index (χ1n) is 14.2. The molecule has 0 bridgehead atoms. The predicted octanol–water partition coefficient (Wildman–Crippen LogP) is -1.17. The van der Waals surface area contributed by atoms with Crippen LogP contribution in [0.4, 0.5) is 4.79 Å². The van der Waals surface area contributed by atoms with Crippen molar-refractivity contribution in [3.8, 4) is 0 Å². The van der Waals surface area contributed by atoms with Gasteiger partial charge in [0.15, 0.2) is 5.78 Å². The maximum atomic E-state index is 12.9. The minimum Gasteiger partial charge on any atom is -0.481 e. The van der Waals surface area contributed by atoms with E-state index in [0.717, 1.165) is 0 Å². The van der Waals surface area contributed by atoms with Gasteiger partial charge in [0, 0.05) is 38.2 Å². The Hall–Kier alpha value is -3.44. The predicted molar refractivity (Wildman–Crippen MR) is 160 cm³/mol. The second-order valence-electron chi connectivity index (χ2n) is 9.67. The lowest BCUT2D eigenvalue weighted by molar-refractivity contribution is -0.138. The van der Waals surface area contributed by atoms with E-state index in [1.165, 1.54) is 18.7 Å². The number of rotatable bonds is 22. The minimum absolute atomic E-state index is 0.0781. The molecule has 17 heteroatoms. The third-order valence-electron chi connectivity index (χ3n) is 6.26. The molecule has 0 aliphatic heterocycles. The number of hydrogen-bond acceptors (Lipinski definition) is 11. The van der Waals surface area contributed by atoms with Crippen molar-refractivity contribution in [1.82, 2.24) is 31.6 Å². The molecule has 43 heavy (non-hydrogen) atoms. The summed E-state index contributed by atoms with van der Waals surface area (Å²) in [5, 5.41) is 19.0. The molecule has 0 radical (unpaired) electrons. The zero-order chi connectivity index (χ0) is 32.9. The van der Waals surface area contributed by atoms with Crippen LogP contribution in [0.5, 0.6) is 0 Å². The van der Waals surface area contributed by atoms with Crippen LogP contribution in [0, 0.1) is 0 Å². The Kier molecular flexibility index (Phi) is 20.4. The van der Waals surface area contributed by atoms with Crippen molar-refractivity contribution in [1.29, 1.82) is 0 Å². The molecule has 4 atom stereocenters. The van der Waals surface area contributed by atoms with Crippen molar-refractivity contribution in [3.63, 3.8) is 0 Å². The summed E-state index contributed by atoms with van der Waals surface area (Å²) in [6, 6.07) is -4.33. The van der Waals surface area contributed by atoms with E-state index in [-0.39, 0.29) is 30.9 Å². The van der Waals surface area contributed by atoms with Crippen molar-refractivity contribution in [3.05, 3.63) is 0 Å². The molecule has 16 nitrogen and oxygen atoms in total. The lowest BCUT2D eigenvalue weighted by Crippen LogP contribution is -2.57. The van der Waals surface area contributed by atoms with Gasteiger partial charge in [0.1, 0.15) is 18.1 Å². The fourth-order valence-electron chi connectivity index (χ4n) is 3.64. The molecule has 0 fully saturated rings. The van der Waals surface area contributed by atoms with Crippen molar-refractivity contribution < 1.29 is 43.5 Å². The first kappa shape index (κ1) is 39.6. The first-order valence-corrected chi connectivity index (χ1v) is 14.9. The van der Waals surface area contributed by atoms with E-state index >= 15 is 0 Å². The van der Waals surface area contributed by atoms with Crippen LogP contribution in [-0.2, 0) is 33.6 Å². The molecular formula is C26H47N7O9S. The topological polar surface area (TPSA) is 238 Å². The average molecular weight is 634 g/mol.